The Kier molecular flexibility index (Phi) is 7.25. The van der Waals surface area contributed by atoms with Gasteiger partial charge in [0.25, 0.3) is 5.91 Å². The van der Waals surface area contributed by atoms with Gasteiger partial charge in [-0.2, -0.15) is 0 Å². The third-order valence-electron chi connectivity index (χ3n) is 4.31. The second-order valence-corrected chi connectivity index (χ2v) is 9.73. The molecule has 0 fully saturated rings. The molecule has 0 heterocycles. The minimum Gasteiger partial charge on any atom is -0.483 e. The molecule has 6 nitrogen and oxygen atoms in total. The third-order valence-corrected chi connectivity index (χ3v) is 6.58. The standard InChI is InChI=1S/C20H25BrN2O4S/c1-6-15-11-16(21)9-14(3)20(15)22-19(24)12-27-18-8-7-17(10-13(18)2)28(25,26)23(4)5/h7-11H,6,12H2,1-5H3,(H,22,24). The van der Waals surface area contributed by atoms with Gasteiger partial charge in [-0.15, -0.1) is 0 Å². The largest absolute Gasteiger partial charge is 0.483 e. The van der Waals surface area contributed by atoms with E-state index in [0.29, 0.717) is 11.3 Å². The molecule has 0 spiro atoms. The van der Waals surface area contributed by atoms with Crippen LogP contribution in [0, 0.1) is 13.8 Å². The summed E-state index contributed by atoms with van der Waals surface area (Å²) in [6.07, 6.45) is 0.789. The van der Waals surface area contributed by atoms with Crippen LogP contribution in [0.3, 0.4) is 0 Å². The first-order valence-electron chi connectivity index (χ1n) is 8.81. The summed E-state index contributed by atoms with van der Waals surface area (Å²) in [7, 11) is -0.549. The lowest BCUT2D eigenvalue weighted by Crippen LogP contribution is -2.23. The molecule has 0 aromatic heterocycles. The van der Waals surface area contributed by atoms with E-state index in [0.717, 1.165) is 32.0 Å². The van der Waals surface area contributed by atoms with Crippen LogP contribution in [0.4, 0.5) is 5.69 Å². The number of sulfonamides is 1. The number of amides is 1. The van der Waals surface area contributed by atoms with Crippen molar-refractivity contribution in [3.63, 3.8) is 0 Å². The van der Waals surface area contributed by atoms with E-state index < -0.39 is 10.0 Å². The van der Waals surface area contributed by atoms with Gasteiger partial charge in [-0.3, -0.25) is 4.79 Å². The maximum absolute atomic E-state index is 12.4. The molecule has 2 aromatic rings. The third kappa shape index (κ3) is 5.12. The van der Waals surface area contributed by atoms with Crippen LogP contribution < -0.4 is 10.1 Å². The highest BCUT2D eigenvalue weighted by molar-refractivity contribution is 9.10. The number of rotatable bonds is 7. The van der Waals surface area contributed by atoms with Crippen LogP contribution in [0.1, 0.15) is 23.6 Å². The Morgan fingerprint density at radius 2 is 1.82 bits per heavy atom. The number of ether oxygens (including phenoxy) is 1. The molecule has 0 atom stereocenters. The normalized spacial score (nSPS) is 11.5. The highest BCUT2D eigenvalue weighted by Gasteiger charge is 2.18. The average molecular weight is 469 g/mol. The lowest BCUT2D eigenvalue weighted by molar-refractivity contribution is -0.118. The second kappa shape index (κ2) is 9.07. The first kappa shape index (κ1) is 22.4. The van der Waals surface area contributed by atoms with E-state index in [-0.39, 0.29) is 17.4 Å². The van der Waals surface area contributed by atoms with Crippen LogP contribution in [0.25, 0.3) is 0 Å². The minimum absolute atomic E-state index is 0.167. The fraction of sp³-hybridized carbons (Fsp3) is 0.350. The molecule has 0 aliphatic carbocycles. The first-order chi connectivity index (χ1) is 13.1. The van der Waals surface area contributed by atoms with E-state index in [1.165, 1.54) is 26.2 Å². The van der Waals surface area contributed by atoms with Gasteiger partial charge >= 0.3 is 0 Å². The maximum atomic E-state index is 12.4. The average Bonchev–Trinajstić information content (AvgIpc) is 2.62. The number of nitrogens with one attached hydrogen (secondary N) is 1. The Hall–Kier alpha value is -1.90. The summed E-state index contributed by atoms with van der Waals surface area (Å²) < 4.78 is 32.1. The Morgan fingerprint density at radius 1 is 1.14 bits per heavy atom. The predicted molar refractivity (Wildman–Crippen MR) is 114 cm³/mol. The van der Waals surface area contributed by atoms with Gasteiger partial charge in [0, 0.05) is 24.3 Å². The van der Waals surface area contributed by atoms with Crippen LogP contribution in [-0.4, -0.2) is 39.3 Å². The van der Waals surface area contributed by atoms with Gasteiger partial charge in [0.2, 0.25) is 10.0 Å². The first-order valence-corrected chi connectivity index (χ1v) is 11.0. The van der Waals surface area contributed by atoms with Crippen LogP contribution in [0.2, 0.25) is 0 Å². The zero-order valence-electron chi connectivity index (χ0n) is 16.7. The van der Waals surface area contributed by atoms with Crippen molar-refractivity contribution in [3.05, 3.63) is 51.5 Å². The Bertz CT molecular complexity index is 988. The molecule has 8 heteroatoms. The number of halogens is 1. The Morgan fingerprint density at radius 3 is 2.39 bits per heavy atom. The molecule has 0 radical (unpaired) electrons. The molecule has 0 saturated heterocycles. The molecule has 0 saturated carbocycles. The van der Waals surface area contributed by atoms with Crippen molar-refractivity contribution in [2.45, 2.75) is 32.1 Å². The number of benzene rings is 2. The van der Waals surface area contributed by atoms with Crippen molar-refractivity contribution in [3.8, 4) is 5.75 Å². The molecule has 0 unspecified atom stereocenters. The number of nitrogens with zero attached hydrogens (tertiary/aromatic N) is 1. The number of aryl methyl sites for hydroxylation is 3. The van der Waals surface area contributed by atoms with Crippen molar-refractivity contribution in [1.29, 1.82) is 0 Å². The van der Waals surface area contributed by atoms with Crippen LogP contribution >= 0.6 is 15.9 Å². The van der Waals surface area contributed by atoms with E-state index in [2.05, 4.69) is 21.2 Å². The molecular weight excluding hydrogens is 444 g/mol. The molecule has 152 valence electrons. The van der Waals surface area contributed by atoms with E-state index in [1.807, 2.05) is 26.0 Å². The van der Waals surface area contributed by atoms with Crippen molar-refractivity contribution in [2.75, 3.05) is 26.0 Å². The summed E-state index contributed by atoms with van der Waals surface area (Å²) >= 11 is 3.47. The monoisotopic (exact) mass is 468 g/mol. The molecule has 28 heavy (non-hydrogen) atoms. The fourth-order valence-electron chi connectivity index (χ4n) is 2.74. The zero-order valence-corrected chi connectivity index (χ0v) is 19.1. The summed E-state index contributed by atoms with van der Waals surface area (Å²) in [4.78, 5) is 12.6. The van der Waals surface area contributed by atoms with Crippen LogP contribution in [-0.2, 0) is 21.2 Å². The van der Waals surface area contributed by atoms with Gasteiger partial charge < -0.3 is 10.1 Å². The van der Waals surface area contributed by atoms with Crippen molar-refractivity contribution in [2.24, 2.45) is 0 Å². The van der Waals surface area contributed by atoms with Gasteiger partial charge in [0.1, 0.15) is 5.75 Å². The molecule has 0 aliphatic rings. The maximum Gasteiger partial charge on any atom is 0.262 e. The van der Waals surface area contributed by atoms with E-state index >= 15 is 0 Å². The van der Waals surface area contributed by atoms with Gasteiger partial charge in [-0.05, 0) is 67.3 Å². The van der Waals surface area contributed by atoms with Crippen molar-refractivity contribution in [1.82, 2.24) is 4.31 Å². The molecule has 2 rings (SSSR count). The van der Waals surface area contributed by atoms with Crippen molar-refractivity contribution >= 4 is 37.5 Å². The quantitative estimate of drug-likeness (QED) is 0.668. The van der Waals surface area contributed by atoms with Gasteiger partial charge in [-0.25, -0.2) is 12.7 Å². The van der Waals surface area contributed by atoms with Crippen molar-refractivity contribution < 1.29 is 17.9 Å². The number of hydrogen-bond donors (Lipinski definition) is 1. The molecule has 0 bridgehead atoms. The van der Waals surface area contributed by atoms with Gasteiger partial charge in [0.15, 0.2) is 6.61 Å². The Balaban J connectivity index is 2.10. The van der Waals surface area contributed by atoms with E-state index in [4.69, 9.17) is 4.74 Å². The summed E-state index contributed by atoms with van der Waals surface area (Å²) in [6, 6.07) is 8.52. The molecule has 1 N–H and O–H groups in total. The fourth-order valence-corrected chi connectivity index (χ4v) is 4.35. The molecule has 0 aliphatic heterocycles. The highest BCUT2D eigenvalue weighted by Crippen LogP contribution is 2.27. The topological polar surface area (TPSA) is 75.7 Å². The van der Waals surface area contributed by atoms with Crippen LogP contribution in [0.5, 0.6) is 5.75 Å². The molecule has 2 aromatic carbocycles. The Labute approximate surface area is 175 Å². The van der Waals surface area contributed by atoms with E-state index in [1.54, 1.807) is 13.0 Å². The minimum atomic E-state index is -3.51. The molecule has 1 amide bonds. The number of hydrogen-bond acceptors (Lipinski definition) is 4. The number of anilines is 1. The summed E-state index contributed by atoms with van der Waals surface area (Å²) in [6.45, 7) is 5.55. The van der Waals surface area contributed by atoms with Gasteiger partial charge in [-0.1, -0.05) is 22.9 Å². The second-order valence-electron chi connectivity index (χ2n) is 6.66. The smallest absolute Gasteiger partial charge is 0.262 e. The summed E-state index contributed by atoms with van der Waals surface area (Å²) in [5, 5.41) is 2.91. The van der Waals surface area contributed by atoms with Gasteiger partial charge in [0.05, 0.1) is 4.90 Å². The lowest BCUT2D eigenvalue weighted by Gasteiger charge is -2.16. The highest BCUT2D eigenvalue weighted by atomic mass is 79.9. The summed E-state index contributed by atoms with van der Waals surface area (Å²) in [5.41, 5.74) is 3.44. The number of carbonyl (C=O) groups is 1. The summed E-state index contributed by atoms with van der Waals surface area (Å²) in [5.74, 6) is 0.195. The van der Waals surface area contributed by atoms with Crippen LogP contribution in [0.15, 0.2) is 39.7 Å². The van der Waals surface area contributed by atoms with E-state index in [9.17, 15) is 13.2 Å². The lowest BCUT2D eigenvalue weighted by atomic mass is 10.1. The molecular formula is C20H25BrN2O4S. The number of carbonyl (C=O) groups excluding carboxylic acids is 1. The zero-order chi connectivity index (χ0) is 21.1. The predicted octanol–water partition coefficient (Wildman–Crippen LogP) is 3.90. The SMILES string of the molecule is CCc1cc(Br)cc(C)c1NC(=O)COc1ccc(S(=O)(=O)N(C)C)cc1C.